The van der Waals surface area contributed by atoms with E-state index in [-0.39, 0.29) is 25.1 Å². The molecule has 1 aliphatic heterocycles. The zero-order chi connectivity index (χ0) is 17.2. The lowest BCUT2D eigenvalue weighted by Crippen LogP contribution is -2.54. The number of hydrogen-bond donors (Lipinski definition) is 2. The maximum Gasteiger partial charge on any atom is 0.312 e. The number of aliphatic hydroxyl groups is 1. The summed E-state index contributed by atoms with van der Waals surface area (Å²) in [6.45, 7) is 2.08. The summed E-state index contributed by atoms with van der Waals surface area (Å²) in [5, 5.41) is 19.7. The molecule has 0 bridgehead atoms. The number of β-amino-alcohol motifs (C(OH)–C–C–N with tert-alkyl or cyclic N) is 1. The van der Waals surface area contributed by atoms with Gasteiger partial charge in [0.05, 0.1) is 11.5 Å². The summed E-state index contributed by atoms with van der Waals surface area (Å²) < 4.78 is 40.2. The van der Waals surface area contributed by atoms with Crippen molar-refractivity contribution in [2.75, 3.05) is 13.1 Å². The normalized spacial score (nSPS) is 25.5. The first-order chi connectivity index (χ1) is 10.8. The Hall–Kier alpha value is -1.60. The molecule has 2 N–H and O–H groups in total. The van der Waals surface area contributed by atoms with Gasteiger partial charge in [-0.25, -0.2) is 13.2 Å². The molecule has 1 aromatic rings. The van der Waals surface area contributed by atoms with Crippen molar-refractivity contribution in [2.24, 2.45) is 5.41 Å². The molecule has 0 saturated carbocycles. The van der Waals surface area contributed by atoms with Crippen molar-refractivity contribution in [1.82, 2.24) is 4.90 Å². The van der Waals surface area contributed by atoms with Gasteiger partial charge in [-0.3, -0.25) is 9.69 Å². The minimum Gasteiger partial charge on any atom is -0.481 e. The summed E-state index contributed by atoms with van der Waals surface area (Å²) in [6.07, 6.45) is 0.0552. The van der Waals surface area contributed by atoms with Crippen LogP contribution in [-0.2, 0) is 11.3 Å². The van der Waals surface area contributed by atoms with E-state index < -0.39 is 34.9 Å². The molecule has 1 aromatic carbocycles. The predicted molar refractivity (Wildman–Crippen MR) is 77.2 cm³/mol. The fraction of sp³-hybridized carbons (Fsp3) is 0.562. The van der Waals surface area contributed by atoms with Gasteiger partial charge in [0.25, 0.3) is 0 Å². The Bertz CT molecular complexity index is 596. The van der Waals surface area contributed by atoms with Crippen LogP contribution in [0.15, 0.2) is 12.1 Å². The van der Waals surface area contributed by atoms with Crippen LogP contribution in [0.3, 0.4) is 0 Å². The first-order valence-corrected chi connectivity index (χ1v) is 7.57. The number of carbonyl (C=O) groups is 1. The quantitative estimate of drug-likeness (QED) is 0.814. The second-order valence-electron chi connectivity index (χ2n) is 6.07. The summed E-state index contributed by atoms with van der Waals surface area (Å²) in [5.74, 6) is -4.30. The van der Waals surface area contributed by atoms with Crippen molar-refractivity contribution < 1.29 is 28.2 Å². The van der Waals surface area contributed by atoms with Crippen molar-refractivity contribution in [3.63, 3.8) is 0 Å². The number of aliphatic carboxylic acids is 1. The number of aliphatic hydroxyl groups excluding tert-OH is 1. The molecule has 128 valence electrons. The van der Waals surface area contributed by atoms with E-state index in [0.717, 1.165) is 6.07 Å². The molecule has 0 spiro atoms. The molecule has 1 heterocycles. The standard InChI is InChI=1S/C16H20F3NO3/c1-2-3-16(15(22)23)4-5-20(9-13(16)21)8-10-6-11(17)7-12(18)14(10)19/h6-7,13,21H,2-5,8-9H2,1H3,(H,22,23)/t13?,16-/m0/s1. The Morgan fingerprint density at radius 2 is 2.09 bits per heavy atom. The molecular weight excluding hydrogens is 311 g/mol. The van der Waals surface area contributed by atoms with Crippen LogP contribution < -0.4 is 0 Å². The number of likely N-dealkylation sites (tertiary alicyclic amines) is 1. The topological polar surface area (TPSA) is 60.8 Å². The predicted octanol–water partition coefficient (Wildman–Crippen LogP) is 2.54. The highest BCUT2D eigenvalue weighted by molar-refractivity contribution is 5.75. The van der Waals surface area contributed by atoms with E-state index in [9.17, 15) is 28.2 Å². The summed E-state index contributed by atoms with van der Waals surface area (Å²) >= 11 is 0. The average molecular weight is 331 g/mol. The van der Waals surface area contributed by atoms with Crippen molar-refractivity contribution in [3.8, 4) is 0 Å². The Morgan fingerprint density at radius 1 is 1.39 bits per heavy atom. The molecule has 1 saturated heterocycles. The van der Waals surface area contributed by atoms with Gasteiger partial charge in [0.15, 0.2) is 11.6 Å². The number of nitrogens with zero attached hydrogens (tertiary/aromatic N) is 1. The van der Waals surface area contributed by atoms with E-state index >= 15 is 0 Å². The van der Waals surface area contributed by atoms with Crippen molar-refractivity contribution in [1.29, 1.82) is 0 Å². The first-order valence-electron chi connectivity index (χ1n) is 7.57. The minimum atomic E-state index is -1.26. The van der Waals surface area contributed by atoms with Gasteiger partial charge in [-0.15, -0.1) is 0 Å². The van der Waals surface area contributed by atoms with Crippen LogP contribution in [-0.4, -0.2) is 40.3 Å². The fourth-order valence-corrected chi connectivity index (χ4v) is 3.24. The van der Waals surface area contributed by atoms with E-state index in [1.165, 1.54) is 0 Å². The van der Waals surface area contributed by atoms with Crippen LogP contribution in [0.25, 0.3) is 0 Å². The molecule has 2 rings (SSSR count). The molecule has 0 radical (unpaired) electrons. The van der Waals surface area contributed by atoms with Gasteiger partial charge in [-0.05, 0) is 25.5 Å². The smallest absolute Gasteiger partial charge is 0.312 e. The van der Waals surface area contributed by atoms with E-state index in [4.69, 9.17) is 0 Å². The van der Waals surface area contributed by atoms with Gasteiger partial charge in [-0.2, -0.15) is 0 Å². The second-order valence-corrected chi connectivity index (χ2v) is 6.07. The molecule has 7 heteroatoms. The summed E-state index contributed by atoms with van der Waals surface area (Å²) in [6, 6.07) is 1.39. The number of hydrogen-bond acceptors (Lipinski definition) is 3. The lowest BCUT2D eigenvalue weighted by atomic mass is 9.73. The maximum absolute atomic E-state index is 13.7. The third-order valence-electron chi connectivity index (χ3n) is 4.53. The molecule has 1 aliphatic rings. The van der Waals surface area contributed by atoms with E-state index in [0.29, 0.717) is 25.5 Å². The Morgan fingerprint density at radius 3 is 2.65 bits per heavy atom. The largest absolute Gasteiger partial charge is 0.481 e. The number of piperidine rings is 1. The highest BCUT2D eigenvalue weighted by Crippen LogP contribution is 2.37. The van der Waals surface area contributed by atoms with Gasteiger partial charge >= 0.3 is 5.97 Å². The number of carboxylic acid groups (broad SMARTS) is 1. The monoisotopic (exact) mass is 331 g/mol. The van der Waals surface area contributed by atoms with E-state index in [1.807, 2.05) is 6.92 Å². The molecule has 0 aliphatic carbocycles. The summed E-state index contributed by atoms with van der Waals surface area (Å²) in [4.78, 5) is 13.2. The third-order valence-corrected chi connectivity index (χ3v) is 4.53. The third kappa shape index (κ3) is 3.50. The van der Waals surface area contributed by atoms with Gasteiger partial charge < -0.3 is 10.2 Å². The van der Waals surface area contributed by atoms with Crippen LogP contribution in [0.4, 0.5) is 13.2 Å². The molecule has 1 fully saturated rings. The zero-order valence-corrected chi connectivity index (χ0v) is 12.9. The van der Waals surface area contributed by atoms with Crippen molar-refractivity contribution >= 4 is 5.97 Å². The van der Waals surface area contributed by atoms with Gasteiger partial charge in [0.1, 0.15) is 5.82 Å². The van der Waals surface area contributed by atoms with Crippen LogP contribution in [0.2, 0.25) is 0 Å². The highest BCUT2D eigenvalue weighted by atomic mass is 19.2. The molecule has 0 aromatic heterocycles. The molecule has 2 atom stereocenters. The molecule has 4 nitrogen and oxygen atoms in total. The van der Waals surface area contributed by atoms with Crippen LogP contribution in [0.5, 0.6) is 0 Å². The molecule has 1 unspecified atom stereocenters. The zero-order valence-electron chi connectivity index (χ0n) is 12.9. The number of rotatable bonds is 5. The number of carboxylic acids is 1. The van der Waals surface area contributed by atoms with E-state index in [2.05, 4.69) is 0 Å². The second kappa shape index (κ2) is 6.88. The van der Waals surface area contributed by atoms with Crippen molar-refractivity contribution in [2.45, 2.75) is 38.8 Å². The summed E-state index contributed by atoms with van der Waals surface area (Å²) in [5.41, 5.74) is -1.36. The summed E-state index contributed by atoms with van der Waals surface area (Å²) in [7, 11) is 0. The molecule has 0 amide bonds. The van der Waals surface area contributed by atoms with Crippen LogP contribution in [0.1, 0.15) is 31.7 Å². The van der Waals surface area contributed by atoms with Gasteiger partial charge in [0, 0.05) is 24.7 Å². The Balaban J connectivity index is 2.13. The van der Waals surface area contributed by atoms with Gasteiger partial charge in [-0.1, -0.05) is 13.3 Å². The Kier molecular flexibility index (Phi) is 5.31. The first kappa shape index (κ1) is 17.7. The number of benzene rings is 1. The maximum atomic E-state index is 13.7. The number of halogens is 3. The van der Waals surface area contributed by atoms with Crippen molar-refractivity contribution in [3.05, 3.63) is 35.1 Å². The Labute approximate surface area is 132 Å². The van der Waals surface area contributed by atoms with Crippen LogP contribution >= 0.6 is 0 Å². The lowest BCUT2D eigenvalue weighted by molar-refractivity contribution is -0.164. The van der Waals surface area contributed by atoms with E-state index in [1.54, 1.807) is 4.90 Å². The van der Waals surface area contributed by atoms with Crippen LogP contribution in [0, 0.1) is 22.9 Å². The SMILES string of the molecule is CCC[C@]1(C(=O)O)CCN(Cc2cc(F)cc(F)c2F)CC1O. The lowest BCUT2D eigenvalue weighted by Gasteiger charge is -2.42. The minimum absolute atomic E-state index is 0.0177. The average Bonchev–Trinajstić information content (AvgIpc) is 2.47. The fourth-order valence-electron chi connectivity index (χ4n) is 3.24. The molecule has 23 heavy (non-hydrogen) atoms. The molecular formula is C16H20F3NO3. The highest BCUT2D eigenvalue weighted by Gasteiger charge is 2.47. The van der Waals surface area contributed by atoms with Gasteiger partial charge in [0.2, 0.25) is 0 Å².